The molecular weight excluding hydrogens is 771 g/mol. The Hall–Kier alpha value is -5.31. The molecule has 60 heavy (non-hydrogen) atoms. The number of aryl methyl sites for hydroxylation is 1. The summed E-state index contributed by atoms with van der Waals surface area (Å²) in [6.07, 6.45) is 2.92. The number of rotatable bonds is 26. The number of nitrogens with zero attached hydrogens (tertiary/aromatic N) is 1. The molecular formula is C47H57NO12. The average molecular weight is 828 g/mol. The Labute approximate surface area is 350 Å². The summed E-state index contributed by atoms with van der Waals surface area (Å²) in [6, 6.07) is 25.9. The number of esters is 3. The Kier molecular flexibility index (Phi) is 20.0. The predicted molar refractivity (Wildman–Crippen MR) is 227 cm³/mol. The molecule has 3 atom stereocenters. The van der Waals surface area contributed by atoms with Gasteiger partial charge in [0.25, 0.3) is 0 Å². The molecule has 0 spiro atoms. The normalized spacial score (nSPS) is 12.6. The van der Waals surface area contributed by atoms with E-state index >= 15 is 0 Å². The van der Waals surface area contributed by atoms with Crippen molar-refractivity contribution in [1.82, 2.24) is 0 Å². The van der Waals surface area contributed by atoms with Crippen molar-refractivity contribution in [1.29, 1.82) is 0 Å². The highest BCUT2D eigenvalue weighted by atomic mass is 16.5. The number of carbonyl (C=O) groups is 3. The van der Waals surface area contributed by atoms with Crippen molar-refractivity contribution in [2.75, 3.05) is 39.6 Å². The van der Waals surface area contributed by atoms with E-state index in [0.29, 0.717) is 74.5 Å². The lowest BCUT2D eigenvalue weighted by Crippen LogP contribution is -2.13. The van der Waals surface area contributed by atoms with Crippen LogP contribution in [0.1, 0.15) is 89.6 Å². The van der Waals surface area contributed by atoms with Crippen molar-refractivity contribution in [2.24, 2.45) is 5.18 Å². The molecule has 4 rings (SSSR count). The molecule has 4 aromatic carbocycles. The summed E-state index contributed by atoms with van der Waals surface area (Å²) < 4.78 is 16.4. The summed E-state index contributed by atoms with van der Waals surface area (Å²) >= 11 is 0. The van der Waals surface area contributed by atoms with Gasteiger partial charge in [-0.25, -0.2) is 9.59 Å². The number of benzene rings is 4. The minimum absolute atomic E-state index is 0.0749. The molecule has 13 nitrogen and oxygen atoms in total. The van der Waals surface area contributed by atoms with Gasteiger partial charge in [0.15, 0.2) is 0 Å². The van der Waals surface area contributed by atoms with Crippen LogP contribution in [-0.2, 0) is 25.4 Å². The van der Waals surface area contributed by atoms with Gasteiger partial charge in [-0.2, -0.15) is 4.91 Å². The zero-order valence-electron chi connectivity index (χ0n) is 34.2. The number of hydrogen-bond donors (Lipinski definition) is 5. The quantitative estimate of drug-likeness (QED) is 0.0193. The number of unbranched alkanes of at least 4 members (excludes halogenated alkanes) is 3. The van der Waals surface area contributed by atoms with Gasteiger partial charge in [-0.3, -0.25) is 4.79 Å². The van der Waals surface area contributed by atoms with Gasteiger partial charge in [0.2, 0.25) is 0 Å². The highest BCUT2D eigenvalue weighted by Gasteiger charge is 2.16. The molecule has 0 saturated heterocycles. The van der Waals surface area contributed by atoms with Gasteiger partial charge in [0.1, 0.15) is 6.04 Å². The molecule has 0 fully saturated rings. The van der Waals surface area contributed by atoms with Crippen LogP contribution in [-0.4, -0.2) is 101 Å². The second-order valence-electron chi connectivity index (χ2n) is 14.9. The lowest BCUT2D eigenvalue weighted by molar-refractivity contribution is -0.143. The smallest absolute Gasteiger partial charge is 0.338 e. The molecule has 0 heterocycles. The van der Waals surface area contributed by atoms with E-state index in [4.69, 9.17) is 29.5 Å². The SMILES string of the molecule is Cc1cc(C(=O)OCCCCC(CO)N=O)cc(-c2ccc(-c3ccc(-c4cc(CC(=O)OCCCCC(O)CO)cc(C(=O)OCCCCC(O)CO)c4)cc3)cc2)c1. The Morgan fingerprint density at radius 3 is 1.43 bits per heavy atom. The van der Waals surface area contributed by atoms with E-state index < -0.39 is 36.2 Å². The molecule has 322 valence electrons. The van der Waals surface area contributed by atoms with Gasteiger partial charge < -0.3 is 39.7 Å². The average Bonchev–Trinajstić information content (AvgIpc) is 3.26. The van der Waals surface area contributed by atoms with Crippen LogP contribution >= 0.6 is 0 Å². The van der Waals surface area contributed by atoms with E-state index in [9.17, 15) is 29.5 Å². The first-order chi connectivity index (χ1) is 29.0. The third-order valence-corrected chi connectivity index (χ3v) is 9.97. The summed E-state index contributed by atoms with van der Waals surface area (Å²) in [4.78, 5) is 49.5. The highest BCUT2D eigenvalue weighted by molar-refractivity contribution is 5.92. The Bertz CT molecular complexity index is 1960. The Morgan fingerprint density at radius 2 is 0.967 bits per heavy atom. The molecule has 0 aliphatic carbocycles. The lowest BCUT2D eigenvalue weighted by Gasteiger charge is -2.12. The second kappa shape index (κ2) is 25.3. The summed E-state index contributed by atoms with van der Waals surface area (Å²) in [5, 5.41) is 49.1. The van der Waals surface area contributed by atoms with Crippen molar-refractivity contribution >= 4 is 17.9 Å². The van der Waals surface area contributed by atoms with Crippen molar-refractivity contribution < 1.29 is 54.1 Å². The molecule has 0 aliphatic heterocycles. The van der Waals surface area contributed by atoms with Crippen molar-refractivity contribution in [2.45, 2.75) is 89.4 Å². The highest BCUT2D eigenvalue weighted by Crippen LogP contribution is 2.30. The topological polar surface area (TPSA) is 209 Å². The summed E-state index contributed by atoms with van der Waals surface area (Å²) in [7, 11) is 0. The zero-order valence-corrected chi connectivity index (χ0v) is 34.2. The molecule has 3 unspecified atom stereocenters. The van der Waals surface area contributed by atoms with Gasteiger partial charge >= 0.3 is 17.9 Å². The molecule has 0 aromatic heterocycles. The predicted octanol–water partition coefficient (Wildman–Crippen LogP) is 6.74. The lowest BCUT2D eigenvalue weighted by atomic mass is 9.95. The second-order valence-corrected chi connectivity index (χ2v) is 14.9. The Balaban J connectivity index is 1.44. The molecule has 4 aromatic rings. The van der Waals surface area contributed by atoms with E-state index in [1.807, 2.05) is 67.6 Å². The van der Waals surface area contributed by atoms with E-state index in [-0.39, 0.29) is 51.6 Å². The van der Waals surface area contributed by atoms with Gasteiger partial charge in [-0.15, -0.1) is 0 Å². The van der Waals surface area contributed by atoms with Gasteiger partial charge in [0, 0.05) is 0 Å². The number of ether oxygens (including phenoxy) is 3. The fourth-order valence-electron chi connectivity index (χ4n) is 6.56. The van der Waals surface area contributed by atoms with E-state index in [2.05, 4.69) is 5.18 Å². The minimum Gasteiger partial charge on any atom is -0.465 e. The van der Waals surface area contributed by atoms with Crippen LogP contribution in [0.3, 0.4) is 0 Å². The maximum absolute atomic E-state index is 13.2. The molecule has 5 N–H and O–H groups in total. The fourth-order valence-corrected chi connectivity index (χ4v) is 6.56. The zero-order chi connectivity index (χ0) is 43.3. The van der Waals surface area contributed by atoms with Gasteiger partial charge in [0.05, 0.1) is 69.4 Å². The van der Waals surface area contributed by atoms with E-state index in [0.717, 1.165) is 33.4 Å². The van der Waals surface area contributed by atoms with Crippen LogP contribution in [0.4, 0.5) is 0 Å². The first-order valence-corrected chi connectivity index (χ1v) is 20.5. The van der Waals surface area contributed by atoms with E-state index in [1.54, 1.807) is 24.3 Å². The summed E-state index contributed by atoms with van der Waals surface area (Å²) in [5.74, 6) is -1.45. The molecule has 0 saturated carbocycles. The summed E-state index contributed by atoms with van der Waals surface area (Å²) in [5.41, 5.74) is 7.40. The van der Waals surface area contributed by atoms with Crippen LogP contribution in [0.15, 0.2) is 90.1 Å². The number of aliphatic hydroxyl groups excluding tert-OH is 5. The largest absolute Gasteiger partial charge is 0.465 e. The third-order valence-electron chi connectivity index (χ3n) is 9.97. The van der Waals surface area contributed by atoms with Gasteiger partial charge in [-0.05, 0) is 133 Å². The van der Waals surface area contributed by atoms with Gasteiger partial charge in [-0.1, -0.05) is 65.8 Å². The van der Waals surface area contributed by atoms with Crippen molar-refractivity contribution in [3.8, 4) is 33.4 Å². The van der Waals surface area contributed by atoms with Crippen molar-refractivity contribution in [3.05, 3.63) is 112 Å². The minimum atomic E-state index is -0.811. The van der Waals surface area contributed by atoms with Crippen LogP contribution in [0.2, 0.25) is 0 Å². The maximum atomic E-state index is 13.2. The van der Waals surface area contributed by atoms with Crippen LogP contribution in [0.25, 0.3) is 33.4 Å². The van der Waals surface area contributed by atoms with Crippen LogP contribution < -0.4 is 0 Å². The maximum Gasteiger partial charge on any atom is 0.338 e. The first-order valence-electron chi connectivity index (χ1n) is 20.5. The molecule has 0 bridgehead atoms. The summed E-state index contributed by atoms with van der Waals surface area (Å²) in [6.45, 7) is 1.47. The molecule has 0 amide bonds. The molecule has 13 heteroatoms. The number of nitroso groups, excluding NO2 is 1. The Morgan fingerprint density at radius 1 is 0.533 bits per heavy atom. The fraction of sp³-hybridized carbons (Fsp3) is 0.426. The standard InChI is InChI=1S/C47H57NO12/c1-32-22-38(27-40(23-32)46(55)59-20-5-2-8-42(29-49)48-57)36-15-11-34(12-16-36)35-13-17-37(18-14-35)39-24-33(26-45(54)58-19-6-3-9-43(52)30-50)25-41(28-39)47(56)60-21-7-4-10-44(53)31-51/h11-18,22-25,27-28,42-44,49-53H,2-10,19-21,26,29-31H2,1H3. The molecule has 0 aliphatic rings. The monoisotopic (exact) mass is 827 g/mol. The molecule has 0 radical (unpaired) electrons. The third kappa shape index (κ3) is 15.7. The number of hydrogen-bond acceptors (Lipinski definition) is 13. The first kappa shape index (κ1) is 47.4. The number of carbonyl (C=O) groups excluding carboxylic acids is 3. The van der Waals surface area contributed by atoms with E-state index in [1.165, 1.54) is 0 Å². The number of aliphatic hydroxyl groups is 5. The van der Waals surface area contributed by atoms with Crippen LogP contribution in [0, 0.1) is 11.8 Å². The van der Waals surface area contributed by atoms with Crippen LogP contribution in [0.5, 0.6) is 0 Å². The van der Waals surface area contributed by atoms with Crippen molar-refractivity contribution in [3.63, 3.8) is 0 Å².